The number of benzene rings is 3. The number of Topliss-reactive ketones (excluding diaryl/α,β-unsaturated/α-hetero) is 1. The lowest BCUT2D eigenvalue weighted by molar-refractivity contribution is -0.116. The highest BCUT2D eigenvalue weighted by Crippen LogP contribution is 2.47. The Labute approximate surface area is 230 Å². The number of carbonyl (C=O) groups is 1. The molecule has 1 aliphatic heterocycles. The molecule has 2 N–H and O–H groups in total. The van der Waals surface area contributed by atoms with Gasteiger partial charge in [0.25, 0.3) is 0 Å². The van der Waals surface area contributed by atoms with Gasteiger partial charge in [0.15, 0.2) is 5.78 Å². The van der Waals surface area contributed by atoms with E-state index in [0.717, 1.165) is 44.5 Å². The molecule has 0 bridgehead atoms. The van der Waals surface area contributed by atoms with Gasteiger partial charge >= 0.3 is 0 Å². The van der Waals surface area contributed by atoms with Crippen LogP contribution in [0, 0.1) is 31.0 Å². The van der Waals surface area contributed by atoms with Gasteiger partial charge in [0.1, 0.15) is 24.0 Å². The molecule has 1 unspecified atom stereocenters. The maximum absolute atomic E-state index is 13.5. The number of nitrogens with zero attached hydrogens (tertiary/aromatic N) is 2. The van der Waals surface area contributed by atoms with E-state index in [0.29, 0.717) is 35.6 Å². The largest absolute Gasteiger partial charge is 0.489 e. The Balaban J connectivity index is 1.62. The molecule has 5 rings (SSSR count). The van der Waals surface area contributed by atoms with Crippen LogP contribution >= 0.6 is 15.9 Å². The van der Waals surface area contributed by atoms with Crippen molar-refractivity contribution < 1.29 is 13.9 Å². The monoisotopic (exact) mass is 571 g/mol. The van der Waals surface area contributed by atoms with E-state index >= 15 is 0 Å². The first-order chi connectivity index (χ1) is 18.3. The maximum Gasteiger partial charge on any atom is 0.161 e. The number of rotatable bonds is 5. The lowest BCUT2D eigenvalue weighted by Crippen LogP contribution is -2.39. The summed E-state index contributed by atoms with van der Waals surface area (Å²) in [6, 6.07) is 20.0. The second kappa shape index (κ2) is 10.5. The lowest BCUT2D eigenvalue weighted by Gasteiger charge is -2.40. The van der Waals surface area contributed by atoms with Gasteiger partial charge in [-0.25, -0.2) is 4.39 Å². The first-order valence-electron chi connectivity index (χ1n) is 12.5. The van der Waals surface area contributed by atoms with E-state index < -0.39 is 5.92 Å². The van der Waals surface area contributed by atoms with Crippen molar-refractivity contribution in [1.29, 1.82) is 5.26 Å². The van der Waals surface area contributed by atoms with Crippen LogP contribution in [0.5, 0.6) is 5.75 Å². The Morgan fingerprint density at radius 2 is 1.82 bits per heavy atom. The number of halogens is 2. The number of anilines is 1. The normalized spacial score (nSPS) is 17.4. The molecule has 0 aromatic heterocycles. The molecule has 3 aromatic rings. The molecular weight excluding hydrogens is 545 g/mol. The van der Waals surface area contributed by atoms with E-state index in [-0.39, 0.29) is 18.2 Å². The first-order valence-corrected chi connectivity index (χ1v) is 13.3. The van der Waals surface area contributed by atoms with Gasteiger partial charge < -0.3 is 10.5 Å². The highest BCUT2D eigenvalue weighted by molar-refractivity contribution is 9.10. The second-order valence-corrected chi connectivity index (χ2v) is 10.6. The van der Waals surface area contributed by atoms with Crippen molar-refractivity contribution in [3.63, 3.8) is 0 Å². The van der Waals surface area contributed by atoms with Crippen molar-refractivity contribution in [3.8, 4) is 11.8 Å². The fourth-order valence-corrected chi connectivity index (χ4v) is 5.65. The predicted octanol–water partition coefficient (Wildman–Crippen LogP) is 7.09. The molecule has 0 spiro atoms. The molecule has 3 aromatic carbocycles. The van der Waals surface area contributed by atoms with Gasteiger partial charge in [0.05, 0.1) is 17.6 Å². The second-order valence-electron chi connectivity index (χ2n) is 9.67. The van der Waals surface area contributed by atoms with Crippen LogP contribution in [0.4, 0.5) is 10.1 Å². The Hall–Kier alpha value is -3.89. The number of nitrogens with two attached hydrogens (primary N) is 1. The number of hydrogen-bond acceptors (Lipinski definition) is 5. The van der Waals surface area contributed by atoms with Crippen LogP contribution in [0.1, 0.15) is 47.4 Å². The SMILES string of the molecule is Cc1cc(COc2ccc(F)cc2)c(C)c(C2C(C#N)=C(N)N(c3ccc(Br)cc3)C3=C2C(=O)CCC3)c1. The zero-order chi connectivity index (χ0) is 27.0. The minimum absolute atomic E-state index is 0.0450. The van der Waals surface area contributed by atoms with E-state index in [1.54, 1.807) is 12.1 Å². The van der Waals surface area contributed by atoms with Gasteiger partial charge in [-0.3, -0.25) is 9.69 Å². The van der Waals surface area contributed by atoms with Gasteiger partial charge in [-0.05, 0) is 91.9 Å². The Morgan fingerprint density at radius 1 is 1.11 bits per heavy atom. The summed E-state index contributed by atoms with van der Waals surface area (Å²) in [5.74, 6) is 0.0716. The van der Waals surface area contributed by atoms with Crippen LogP contribution in [0.25, 0.3) is 0 Å². The minimum Gasteiger partial charge on any atom is -0.489 e. The molecular formula is C31H27BrFN3O2. The molecule has 38 heavy (non-hydrogen) atoms. The summed E-state index contributed by atoms with van der Waals surface area (Å²) in [7, 11) is 0. The third kappa shape index (κ3) is 4.72. The fraction of sp³-hybridized carbons (Fsp3) is 0.226. The predicted molar refractivity (Wildman–Crippen MR) is 149 cm³/mol. The molecule has 1 aliphatic carbocycles. The van der Waals surface area contributed by atoms with Crippen LogP contribution in [0.3, 0.4) is 0 Å². The highest BCUT2D eigenvalue weighted by atomic mass is 79.9. The summed E-state index contributed by atoms with van der Waals surface area (Å²) in [4.78, 5) is 15.4. The average molecular weight is 572 g/mol. The fourth-order valence-electron chi connectivity index (χ4n) is 5.39. The topological polar surface area (TPSA) is 79.3 Å². The Morgan fingerprint density at radius 3 is 2.50 bits per heavy atom. The van der Waals surface area contributed by atoms with Gasteiger partial charge in [0, 0.05) is 27.9 Å². The van der Waals surface area contributed by atoms with E-state index in [2.05, 4.69) is 22.0 Å². The molecule has 1 heterocycles. The minimum atomic E-state index is -0.557. The third-order valence-corrected chi connectivity index (χ3v) is 7.75. The Bertz CT molecular complexity index is 1520. The van der Waals surface area contributed by atoms with E-state index in [1.807, 2.05) is 55.1 Å². The molecule has 2 aliphatic rings. The van der Waals surface area contributed by atoms with Crippen LogP contribution in [-0.2, 0) is 11.4 Å². The number of hydrogen-bond donors (Lipinski definition) is 1. The standard InChI is InChI=1S/C31H27BrFN3O2/c1-18-14-20(17-38-24-12-8-22(33)9-13-24)19(2)25(15-18)29-26(16-34)31(35)36(23-10-6-21(32)7-11-23)27-4-3-5-28(37)30(27)29/h6-15,29H,3-5,17,35H2,1-2H3. The number of carbonyl (C=O) groups excluding carboxylic acids is 1. The Kier molecular flexibility index (Phi) is 7.09. The van der Waals surface area contributed by atoms with Crippen LogP contribution in [0.15, 0.2) is 87.8 Å². The molecule has 0 amide bonds. The van der Waals surface area contributed by atoms with Crippen molar-refractivity contribution in [2.75, 3.05) is 4.90 Å². The van der Waals surface area contributed by atoms with Gasteiger partial charge in [-0.2, -0.15) is 5.26 Å². The average Bonchev–Trinajstić information content (AvgIpc) is 2.90. The summed E-state index contributed by atoms with van der Waals surface area (Å²) in [5, 5.41) is 10.4. The van der Waals surface area contributed by atoms with E-state index in [1.165, 1.54) is 12.1 Å². The van der Waals surface area contributed by atoms with E-state index in [4.69, 9.17) is 10.5 Å². The van der Waals surface area contributed by atoms with Crippen LogP contribution in [-0.4, -0.2) is 5.78 Å². The van der Waals surface area contributed by atoms with Crippen LogP contribution < -0.4 is 15.4 Å². The smallest absolute Gasteiger partial charge is 0.161 e. The quantitative estimate of drug-likeness (QED) is 0.353. The van der Waals surface area contributed by atoms with Crippen molar-refractivity contribution in [1.82, 2.24) is 0 Å². The summed E-state index contributed by atoms with van der Waals surface area (Å²) >= 11 is 3.47. The number of aryl methyl sites for hydroxylation is 1. The zero-order valence-electron chi connectivity index (χ0n) is 21.2. The number of nitriles is 1. The third-order valence-electron chi connectivity index (χ3n) is 7.22. The molecule has 5 nitrogen and oxygen atoms in total. The summed E-state index contributed by atoms with van der Waals surface area (Å²) in [6.45, 7) is 4.24. The summed E-state index contributed by atoms with van der Waals surface area (Å²) < 4.78 is 20.2. The molecule has 0 saturated heterocycles. The first kappa shape index (κ1) is 25.7. The molecule has 7 heteroatoms. The molecule has 192 valence electrons. The summed E-state index contributed by atoms with van der Waals surface area (Å²) in [5.41, 5.74) is 13.1. The number of ketones is 1. The number of ether oxygens (including phenoxy) is 1. The molecule has 0 radical (unpaired) electrons. The molecule has 0 fully saturated rings. The van der Waals surface area contributed by atoms with Gasteiger partial charge in [-0.15, -0.1) is 0 Å². The molecule has 1 atom stereocenters. The van der Waals surface area contributed by atoms with Gasteiger partial charge in [0.2, 0.25) is 0 Å². The van der Waals surface area contributed by atoms with Crippen molar-refractivity contribution in [2.45, 2.75) is 45.6 Å². The van der Waals surface area contributed by atoms with Crippen molar-refractivity contribution >= 4 is 27.4 Å². The van der Waals surface area contributed by atoms with Crippen LogP contribution in [0.2, 0.25) is 0 Å². The highest BCUT2D eigenvalue weighted by Gasteiger charge is 2.41. The summed E-state index contributed by atoms with van der Waals surface area (Å²) in [6.07, 6.45) is 1.86. The van der Waals surface area contributed by atoms with Crippen molar-refractivity contribution in [3.05, 3.63) is 116 Å². The molecule has 0 saturated carbocycles. The lowest BCUT2D eigenvalue weighted by atomic mass is 9.73. The zero-order valence-corrected chi connectivity index (χ0v) is 22.8. The number of allylic oxidation sites excluding steroid dienone is 3. The maximum atomic E-state index is 13.5. The van der Waals surface area contributed by atoms with E-state index in [9.17, 15) is 14.4 Å². The van der Waals surface area contributed by atoms with Crippen molar-refractivity contribution in [2.24, 2.45) is 5.73 Å². The van der Waals surface area contributed by atoms with Gasteiger partial charge in [-0.1, -0.05) is 33.6 Å².